The molecule has 56 heavy (non-hydrogen) atoms. The van der Waals surface area contributed by atoms with Gasteiger partial charge in [0.25, 0.3) is 0 Å². The number of nitrogens with zero attached hydrogens (tertiary/aromatic N) is 2. The zero-order valence-corrected chi connectivity index (χ0v) is 31.6. The van der Waals surface area contributed by atoms with Crippen molar-refractivity contribution in [3.05, 3.63) is 223 Å². The third-order valence-electron chi connectivity index (χ3n) is 10.2. The Morgan fingerprint density at radius 2 is 1.12 bits per heavy atom. The highest BCUT2D eigenvalue weighted by Gasteiger charge is 2.14. The van der Waals surface area contributed by atoms with Gasteiger partial charge in [0.1, 0.15) is 0 Å². The van der Waals surface area contributed by atoms with Gasteiger partial charge in [-0.15, -0.1) is 0 Å². The van der Waals surface area contributed by atoms with E-state index in [2.05, 4.69) is 205 Å². The molecule has 0 aliphatic heterocycles. The Morgan fingerprint density at radius 3 is 1.84 bits per heavy atom. The van der Waals surface area contributed by atoms with Crippen molar-refractivity contribution in [2.24, 2.45) is 0 Å². The highest BCUT2D eigenvalue weighted by molar-refractivity contribution is 6.10. The first-order chi connectivity index (χ1) is 27.6. The number of aromatic nitrogens is 2. The Bertz CT molecular complexity index is 2990. The monoisotopic (exact) mass is 721 g/mol. The van der Waals surface area contributed by atoms with Gasteiger partial charge in [-0.3, -0.25) is 0 Å². The van der Waals surface area contributed by atoms with Crippen molar-refractivity contribution in [3.8, 4) is 22.5 Å². The molecule has 0 unspecified atom stereocenters. The van der Waals surface area contributed by atoms with E-state index in [-0.39, 0.29) is 0 Å². The molecule has 2 heterocycles. The molecule has 3 nitrogen and oxygen atoms in total. The van der Waals surface area contributed by atoms with E-state index in [1.54, 1.807) is 12.2 Å². The first-order valence-electron chi connectivity index (χ1n) is 18.9. The Balaban J connectivity index is 0.00000105. The highest BCUT2D eigenvalue weighted by atomic mass is 15.0. The number of fused-ring (bicyclic) bond motifs is 4. The van der Waals surface area contributed by atoms with Crippen molar-refractivity contribution < 1.29 is 0 Å². The molecule has 0 saturated carbocycles. The quantitative estimate of drug-likeness (QED) is 0.155. The first-order valence-corrected chi connectivity index (χ1v) is 18.9. The van der Waals surface area contributed by atoms with E-state index in [1.165, 1.54) is 54.7 Å². The summed E-state index contributed by atoms with van der Waals surface area (Å²) in [6, 6.07) is 60.6. The number of benzene rings is 7. The van der Waals surface area contributed by atoms with Crippen LogP contribution in [0.4, 0.5) is 11.4 Å². The fourth-order valence-corrected chi connectivity index (χ4v) is 7.63. The summed E-state index contributed by atoms with van der Waals surface area (Å²) < 4.78 is 4.76. The number of nitrogens with one attached hydrogen (secondary N) is 1. The van der Waals surface area contributed by atoms with E-state index >= 15 is 0 Å². The minimum atomic E-state index is 1.03. The molecule has 0 atom stereocenters. The fraction of sp³-hybridized carbons (Fsp3) is 0.0189. The summed E-state index contributed by atoms with van der Waals surface area (Å²) >= 11 is 0. The van der Waals surface area contributed by atoms with Gasteiger partial charge in [0, 0.05) is 49.5 Å². The van der Waals surface area contributed by atoms with Crippen molar-refractivity contribution >= 4 is 62.3 Å². The van der Waals surface area contributed by atoms with Gasteiger partial charge in [-0.25, -0.2) is 0 Å². The average molecular weight is 722 g/mol. The zero-order chi connectivity index (χ0) is 38.4. The molecule has 0 saturated heterocycles. The van der Waals surface area contributed by atoms with Crippen molar-refractivity contribution in [1.82, 2.24) is 9.13 Å². The molecular weight excluding hydrogens is 679 g/mol. The molecule has 9 aromatic rings. The van der Waals surface area contributed by atoms with Crippen LogP contribution in [0.2, 0.25) is 0 Å². The van der Waals surface area contributed by atoms with E-state index < -0.39 is 0 Å². The Hall–Kier alpha value is -7.36. The lowest BCUT2D eigenvalue weighted by Crippen LogP contribution is -2.28. The van der Waals surface area contributed by atoms with Crippen LogP contribution < -0.4 is 15.9 Å². The zero-order valence-electron chi connectivity index (χ0n) is 31.6. The van der Waals surface area contributed by atoms with Gasteiger partial charge in [0.05, 0.1) is 16.6 Å². The Morgan fingerprint density at radius 1 is 0.500 bits per heavy atom. The maximum Gasteiger partial charge on any atom is 0.0541 e. The van der Waals surface area contributed by atoms with Crippen LogP contribution in [0.25, 0.3) is 73.4 Å². The molecule has 0 bridgehead atoms. The highest BCUT2D eigenvalue weighted by Crippen LogP contribution is 2.35. The lowest BCUT2D eigenvalue weighted by molar-refractivity contribution is 1.07. The predicted octanol–water partition coefficient (Wildman–Crippen LogP) is 12.8. The van der Waals surface area contributed by atoms with Gasteiger partial charge in [-0.2, -0.15) is 0 Å². The summed E-state index contributed by atoms with van der Waals surface area (Å²) in [6.45, 7) is 13.0. The molecule has 1 N–H and O–H groups in total. The number of para-hydroxylation sites is 4. The normalized spacial score (nSPS) is 11.7. The lowest BCUT2D eigenvalue weighted by atomic mass is 10.0. The molecule has 0 radical (unpaired) electrons. The SMILES string of the molecule is C=CC=C.C=Cc1cc(/C=c2\c(=C/C)n(-c3cccc(-c4ccc5c(c4)c4ccccc4n5-c4ccccc4)c3)c3ccccc23)ccc1Nc1ccccc1. The molecular formula is C53H43N3. The van der Waals surface area contributed by atoms with Gasteiger partial charge >= 0.3 is 0 Å². The van der Waals surface area contributed by atoms with Crippen molar-refractivity contribution in [2.75, 3.05) is 5.32 Å². The van der Waals surface area contributed by atoms with Gasteiger partial charge < -0.3 is 14.5 Å². The molecule has 0 fully saturated rings. The molecule has 270 valence electrons. The molecule has 0 amide bonds. The van der Waals surface area contributed by atoms with Crippen LogP contribution in [-0.4, -0.2) is 9.13 Å². The number of hydrogen-bond donors (Lipinski definition) is 1. The van der Waals surface area contributed by atoms with E-state index in [1.807, 2.05) is 24.3 Å². The van der Waals surface area contributed by atoms with Gasteiger partial charge in [-0.1, -0.05) is 141 Å². The van der Waals surface area contributed by atoms with Crippen LogP contribution in [0, 0.1) is 0 Å². The molecule has 0 aliphatic carbocycles. The second-order valence-electron chi connectivity index (χ2n) is 13.6. The summed E-state index contributed by atoms with van der Waals surface area (Å²) in [7, 11) is 0. The van der Waals surface area contributed by atoms with E-state index in [0.717, 1.165) is 33.5 Å². The molecule has 2 aromatic heterocycles. The molecule has 7 aromatic carbocycles. The third-order valence-corrected chi connectivity index (χ3v) is 10.2. The van der Waals surface area contributed by atoms with Crippen molar-refractivity contribution in [3.63, 3.8) is 0 Å². The maximum absolute atomic E-state index is 4.12. The number of hydrogen-bond acceptors (Lipinski definition) is 1. The average Bonchev–Trinajstić information content (AvgIpc) is 3.76. The minimum Gasteiger partial charge on any atom is -0.355 e. The molecule has 0 aliphatic rings. The fourth-order valence-electron chi connectivity index (χ4n) is 7.63. The second kappa shape index (κ2) is 15.9. The van der Waals surface area contributed by atoms with Gasteiger partial charge in [-0.05, 0) is 108 Å². The second-order valence-corrected chi connectivity index (χ2v) is 13.6. The Kier molecular flexibility index (Phi) is 10.1. The van der Waals surface area contributed by atoms with Gasteiger partial charge in [0.15, 0.2) is 0 Å². The largest absolute Gasteiger partial charge is 0.355 e. The van der Waals surface area contributed by atoms with E-state index in [0.29, 0.717) is 0 Å². The van der Waals surface area contributed by atoms with Crippen LogP contribution in [0.1, 0.15) is 18.1 Å². The third kappa shape index (κ3) is 6.79. The van der Waals surface area contributed by atoms with Crippen LogP contribution in [0.5, 0.6) is 0 Å². The summed E-state index contributed by atoms with van der Waals surface area (Å²) in [5.41, 5.74) is 12.5. The van der Waals surface area contributed by atoms with Crippen LogP contribution in [0.15, 0.2) is 202 Å². The predicted molar refractivity (Wildman–Crippen MR) is 243 cm³/mol. The molecule has 9 rings (SSSR count). The lowest BCUT2D eigenvalue weighted by Gasteiger charge is -2.11. The molecule has 3 heteroatoms. The minimum absolute atomic E-state index is 1.03. The number of rotatable bonds is 8. The summed E-state index contributed by atoms with van der Waals surface area (Å²) in [5.74, 6) is 0. The van der Waals surface area contributed by atoms with Crippen molar-refractivity contribution in [2.45, 2.75) is 6.92 Å². The number of anilines is 2. The summed E-state index contributed by atoms with van der Waals surface area (Å²) in [4.78, 5) is 0. The summed E-state index contributed by atoms with van der Waals surface area (Å²) in [6.07, 6.45) is 9.72. The van der Waals surface area contributed by atoms with Gasteiger partial charge in [0.2, 0.25) is 0 Å². The van der Waals surface area contributed by atoms with Crippen LogP contribution >= 0.6 is 0 Å². The molecule has 0 spiro atoms. The van der Waals surface area contributed by atoms with E-state index in [9.17, 15) is 0 Å². The smallest absolute Gasteiger partial charge is 0.0541 e. The Labute approximate surface area is 328 Å². The summed E-state index contributed by atoms with van der Waals surface area (Å²) in [5, 5.41) is 9.60. The van der Waals surface area contributed by atoms with E-state index in [4.69, 9.17) is 0 Å². The first kappa shape index (κ1) is 35.7. The van der Waals surface area contributed by atoms with Crippen molar-refractivity contribution in [1.29, 1.82) is 0 Å². The van der Waals surface area contributed by atoms with Crippen LogP contribution in [-0.2, 0) is 0 Å². The standard InChI is InChI=1S/C49H37N3.C4H6/c1-3-35-30-34(26-28-45(35)50-38-17-7-5-8-18-38)31-43-41-22-11-14-25-48(41)52(46(43)4-2)40-21-15-16-36(32-40)37-27-29-49-44(33-37)42-23-12-13-24-47(42)51(49)39-19-9-6-10-20-39;1-3-4-2/h3-33,50H,1H2,2H3;3-4H,1-2H2/b43-31-,46-4+;. The maximum atomic E-state index is 4.12. The topological polar surface area (TPSA) is 21.9 Å². The number of allylic oxidation sites excluding steroid dienone is 2. The van der Waals surface area contributed by atoms with Crippen LogP contribution in [0.3, 0.4) is 0 Å².